The predicted octanol–water partition coefficient (Wildman–Crippen LogP) is 4.51. The minimum absolute atomic E-state index is 0.161. The van der Waals surface area contributed by atoms with Gasteiger partial charge in [-0.2, -0.15) is 0 Å². The summed E-state index contributed by atoms with van der Waals surface area (Å²) in [5, 5.41) is 11.4. The molecule has 4 heterocycles. The molecule has 1 aromatic carbocycles. The molecule has 0 atom stereocenters. The molecule has 6 heteroatoms. The maximum absolute atomic E-state index is 13.0. The van der Waals surface area contributed by atoms with Gasteiger partial charge in [0, 0.05) is 29.4 Å². The number of aryl methyl sites for hydroxylation is 1. The zero-order chi connectivity index (χ0) is 18.9. The maximum atomic E-state index is 13.0. The average Bonchev–Trinajstić information content (AvgIpc) is 3.32. The van der Waals surface area contributed by atoms with E-state index in [0.717, 1.165) is 57.7 Å². The van der Waals surface area contributed by atoms with Gasteiger partial charge in [0.2, 0.25) is 0 Å². The minimum atomic E-state index is -0.161. The Kier molecular flexibility index (Phi) is 4.99. The van der Waals surface area contributed by atoms with Crippen molar-refractivity contribution < 1.29 is 4.39 Å². The van der Waals surface area contributed by atoms with Crippen molar-refractivity contribution in [3.05, 3.63) is 57.8 Å². The Morgan fingerprint density at radius 3 is 2.68 bits per heavy atom. The quantitative estimate of drug-likeness (QED) is 0.650. The topological polar surface area (TPSA) is 34.0 Å². The molecule has 0 saturated carbocycles. The summed E-state index contributed by atoms with van der Waals surface area (Å²) >= 11 is 1.84. The number of fused-ring (bicyclic) bond motifs is 3. The third-order valence-corrected chi connectivity index (χ3v) is 7.11. The zero-order valence-corrected chi connectivity index (χ0v) is 16.8. The van der Waals surface area contributed by atoms with Crippen LogP contribution in [0.3, 0.4) is 0 Å². The normalized spacial score (nSPS) is 17.9. The number of halogens is 1. The van der Waals surface area contributed by atoms with Gasteiger partial charge in [0.15, 0.2) is 5.82 Å². The van der Waals surface area contributed by atoms with Gasteiger partial charge in [-0.05, 0) is 74.3 Å². The summed E-state index contributed by atoms with van der Waals surface area (Å²) in [5.41, 5.74) is 2.50. The van der Waals surface area contributed by atoms with Crippen LogP contribution >= 0.6 is 11.3 Å². The second-order valence-corrected chi connectivity index (χ2v) is 8.89. The first-order valence-electron chi connectivity index (χ1n) is 10.2. The molecule has 4 nitrogen and oxygen atoms in total. The smallest absolute Gasteiger partial charge is 0.165 e. The van der Waals surface area contributed by atoms with E-state index < -0.39 is 0 Å². The van der Waals surface area contributed by atoms with Crippen LogP contribution in [0.5, 0.6) is 0 Å². The number of hydrogen-bond acceptors (Lipinski definition) is 4. The number of likely N-dealkylation sites (tertiary alicyclic amines) is 1. The molecule has 0 amide bonds. The Morgan fingerprint density at radius 1 is 1.04 bits per heavy atom. The summed E-state index contributed by atoms with van der Waals surface area (Å²) in [4.78, 5) is 3.98. The summed E-state index contributed by atoms with van der Waals surface area (Å²) in [6, 6.07) is 9.10. The van der Waals surface area contributed by atoms with Crippen molar-refractivity contribution in [2.45, 2.75) is 44.6 Å². The number of nitrogens with zero attached hydrogens (tertiary/aromatic N) is 4. The van der Waals surface area contributed by atoms with Crippen LogP contribution < -0.4 is 0 Å². The highest BCUT2D eigenvalue weighted by atomic mass is 32.1. The van der Waals surface area contributed by atoms with Crippen LogP contribution in [0.2, 0.25) is 0 Å². The molecular weight excluding hydrogens is 371 g/mol. The Labute approximate surface area is 169 Å². The van der Waals surface area contributed by atoms with Crippen LogP contribution in [0.15, 0.2) is 35.7 Å². The van der Waals surface area contributed by atoms with E-state index in [9.17, 15) is 4.39 Å². The Balaban J connectivity index is 1.23. The highest BCUT2D eigenvalue weighted by molar-refractivity contribution is 7.10. The van der Waals surface area contributed by atoms with Crippen LogP contribution in [0.25, 0.3) is 11.4 Å². The maximum Gasteiger partial charge on any atom is 0.165 e. The fourth-order valence-electron chi connectivity index (χ4n) is 4.52. The molecule has 0 N–H and O–H groups in total. The summed E-state index contributed by atoms with van der Waals surface area (Å²) in [5.74, 6) is 2.60. The molecule has 0 bridgehead atoms. The Bertz CT molecular complexity index is 938. The molecule has 146 valence electrons. The molecule has 0 radical (unpaired) electrons. The van der Waals surface area contributed by atoms with Crippen molar-refractivity contribution >= 4 is 11.3 Å². The highest BCUT2D eigenvalue weighted by Gasteiger charge is 2.28. The highest BCUT2D eigenvalue weighted by Crippen LogP contribution is 2.35. The molecule has 28 heavy (non-hydrogen) atoms. The van der Waals surface area contributed by atoms with Gasteiger partial charge in [-0.15, -0.1) is 21.5 Å². The lowest BCUT2D eigenvalue weighted by Gasteiger charge is -2.31. The number of rotatable bonds is 4. The first-order valence-corrected chi connectivity index (χ1v) is 11.1. The number of thiophene rings is 1. The van der Waals surface area contributed by atoms with E-state index in [1.807, 2.05) is 23.5 Å². The summed E-state index contributed by atoms with van der Waals surface area (Å²) < 4.78 is 15.4. The fourth-order valence-corrected chi connectivity index (χ4v) is 5.44. The predicted molar refractivity (Wildman–Crippen MR) is 110 cm³/mol. The van der Waals surface area contributed by atoms with Crippen molar-refractivity contribution in [1.82, 2.24) is 19.7 Å². The SMILES string of the molecule is Fc1ccc(CCN2CCC(c3nnc4n3CCCc3sccc3-4)CC2)cc1. The fraction of sp³-hybridized carbons (Fsp3) is 0.455. The molecule has 5 rings (SSSR count). The molecule has 1 fully saturated rings. The van der Waals surface area contributed by atoms with Gasteiger partial charge in [0.25, 0.3) is 0 Å². The molecular formula is C22H25FN4S. The van der Waals surface area contributed by atoms with E-state index >= 15 is 0 Å². The van der Waals surface area contributed by atoms with Gasteiger partial charge in [0.1, 0.15) is 11.6 Å². The largest absolute Gasteiger partial charge is 0.311 e. The number of aromatic nitrogens is 3. The molecule has 1 saturated heterocycles. The second kappa shape index (κ2) is 7.76. The van der Waals surface area contributed by atoms with E-state index in [2.05, 4.69) is 31.1 Å². The molecule has 0 aliphatic carbocycles. The van der Waals surface area contributed by atoms with Gasteiger partial charge in [-0.3, -0.25) is 0 Å². The molecule has 3 aromatic rings. The summed E-state index contributed by atoms with van der Waals surface area (Å²) in [6.45, 7) is 4.26. The van der Waals surface area contributed by atoms with Crippen molar-refractivity contribution in [2.75, 3.05) is 19.6 Å². The molecule has 2 aliphatic rings. The van der Waals surface area contributed by atoms with E-state index in [4.69, 9.17) is 0 Å². The Morgan fingerprint density at radius 2 is 1.86 bits per heavy atom. The van der Waals surface area contributed by atoms with Gasteiger partial charge in [-0.25, -0.2) is 4.39 Å². The van der Waals surface area contributed by atoms with Crippen LogP contribution in [-0.2, 0) is 19.4 Å². The average molecular weight is 397 g/mol. The number of benzene rings is 1. The lowest BCUT2D eigenvalue weighted by Crippen LogP contribution is -2.35. The second-order valence-electron chi connectivity index (χ2n) is 7.89. The third-order valence-electron chi connectivity index (χ3n) is 6.13. The van der Waals surface area contributed by atoms with Crippen molar-refractivity contribution in [2.24, 2.45) is 0 Å². The van der Waals surface area contributed by atoms with E-state index in [-0.39, 0.29) is 5.82 Å². The zero-order valence-electron chi connectivity index (χ0n) is 16.0. The third kappa shape index (κ3) is 3.51. The van der Waals surface area contributed by atoms with Gasteiger partial charge >= 0.3 is 0 Å². The minimum Gasteiger partial charge on any atom is -0.311 e. The van der Waals surface area contributed by atoms with Crippen molar-refractivity contribution in [1.29, 1.82) is 0 Å². The first kappa shape index (κ1) is 18.0. The van der Waals surface area contributed by atoms with Crippen LogP contribution in [-0.4, -0.2) is 39.3 Å². The molecule has 0 spiro atoms. The van der Waals surface area contributed by atoms with E-state index in [0.29, 0.717) is 5.92 Å². The lowest BCUT2D eigenvalue weighted by atomic mass is 9.95. The van der Waals surface area contributed by atoms with Crippen LogP contribution in [0, 0.1) is 5.82 Å². The van der Waals surface area contributed by atoms with E-state index in [1.165, 1.54) is 28.2 Å². The van der Waals surface area contributed by atoms with Crippen LogP contribution in [0.1, 0.15) is 41.4 Å². The first-order chi connectivity index (χ1) is 13.8. The van der Waals surface area contributed by atoms with Crippen LogP contribution in [0.4, 0.5) is 4.39 Å². The molecule has 0 unspecified atom stereocenters. The summed E-state index contributed by atoms with van der Waals surface area (Å²) in [6.07, 6.45) is 5.57. The van der Waals surface area contributed by atoms with Gasteiger partial charge < -0.3 is 9.47 Å². The van der Waals surface area contributed by atoms with Crippen molar-refractivity contribution in [3.8, 4) is 11.4 Å². The molecule has 2 aliphatic heterocycles. The summed E-state index contributed by atoms with van der Waals surface area (Å²) in [7, 11) is 0. The Hall–Kier alpha value is -2.05. The van der Waals surface area contributed by atoms with Gasteiger partial charge in [-0.1, -0.05) is 12.1 Å². The monoisotopic (exact) mass is 396 g/mol. The number of hydrogen-bond donors (Lipinski definition) is 0. The number of piperidine rings is 1. The van der Waals surface area contributed by atoms with Crippen molar-refractivity contribution in [3.63, 3.8) is 0 Å². The lowest BCUT2D eigenvalue weighted by molar-refractivity contribution is 0.209. The molecule has 2 aromatic heterocycles. The van der Waals surface area contributed by atoms with E-state index in [1.54, 1.807) is 12.1 Å². The standard InChI is InChI=1S/C22H25FN4S/c23-18-5-3-16(4-6-18)7-12-26-13-8-17(9-14-26)21-24-25-22-19-10-15-28-20(19)2-1-11-27(21)22/h3-6,10,15,17H,1-2,7-9,11-14H2. The van der Waals surface area contributed by atoms with Gasteiger partial charge in [0.05, 0.1) is 0 Å².